The first kappa shape index (κ1) is 15.9. The van der Waals surface area contributed by atoms with Crippen molar-refractivity contribution in [3.8, 4) is 11.5 Å². The summed E-state index contributed by atoms with van der Waals surface area (Å²) in [6.07, 6.45) is 0. The molecule has 2 rings (SSSR count). The molecule has 6 nitrogen and oxygen atoms in total. The van der Waals surface area contributed by atoms with E-state index in [1.807, 2.05) is 38.1 Å². The van der Waals surface area contributed by atoms with Crippen molar-refractivity contribution in [3.63, 3.8) is 0 Å². The number of nitrogens with zero attached hydrogens (tertiary/aromatic N) is 2. The van der Waals surface area contributed by atoms with Gasteiger partial charge in [-0.05, 0) is 19.1 Å². The molecule has 2 aromatic rings. The monoisotopic (exact) mass is 303 g/mol. The zero-order chi connectivity index (χ0) is 16.4. The summed E-state index contributed by atoms with van der Waals surface area (Å²) in [5, 5.41) is 4.65. The molecular formula is C16H21N3O3. The van der Waals surface area contributed by atoms with Crippen molar-refractivity contribution in [3.05, 3.63) is 17.8 Å². The Labute approximate surface area is 130 Å². The van der Waals surface area contributed by atoms with Gasteiger partial charge in [0.05, 0.1) is 19.9 Å². The summed E-state index contributed by atoms with van der Waals surface area (Å²) in [5.41, 5.74) is 1.52. The van der Waals surface area contributed by atoms with E-state index in [9.17, 15) is 4.79 Å². The Morgan fingerprint density at radius 3 is 2.14 bits per heavy atom. The van der Waals surface area contributed by atoms with Gasteiger partial charge in [0.15, 0.2) is 17.3 Å². The van der Waals surface area contributed by atoms with Gasteiger partial charge in [-0.15, -0.1) is 0 Å². The van der Waals surface area contributed by atoms with Crippen molar-refractivity contribution in [2.24, 2.45) is 0 Å². The van der Waals surface area contributed by atoms with Gasteiger partial charge >= 0.3 is 0 Å². The van der Waals surface area contributed by atoms with Crippen molar-refractivity contribution >= 4 is 28.2 Å². The van der Waals surface area contributed by atoms with E-state index in [0.717, 1.165) is 16.5 Å². The van der Waals surface area contributed by atoms with E-state index < -0.39 is 0 Å². The molecule has 0 unspecified atom stereocenters. The van der Waals surface area contributed by atoms with E-state index in [2.05, 4.69) is 10.3 Å². The van der Waals surface area contributed by atoms with E-state index in [4.69, 9.17) is 9.47 Å². The number of hydrogen-bond acceptors (Lipinski definition) is 5. The molecule has 1 N–H and O–H groups in total. The second-order valence-electron chi connectivity index (χ2n) is 5.22. The summed E-state index contributed by atoms with van der Waals surface area (Å²) >= 11 is 0. The normalized spacial score (nSPS) is 10.5. The highest BCUT2D eigenvalue weighted by Crippen LogP contribution is 2.39. The molecule has 0 aliphatic rings. The molecule has 118 valence electrons. The molecule has 0 fully saturated rings. The molecule has 1 aromatic carbocycles. The quantitative estimate of drug-likeness (QED) is 0.940. The highest BCUT2D eigenvalue weighted by atomic mass is 16.5. The standard InChI is InChI=1S/C16H21N3O3/c1-9-11-7-13(21-5)14(22-6)8-12(11)15(18-10(2)20)16(17-9)19(3)4/h7-8H,1-6H3,(H,18,20). The van der Waals surface area contributed by atoms with Crippen LogP contribution < -0.4 is 19.7 Å². The second-order valence-corrected chi connectivity index (χ2v) is 5.22. The molecule has 0 saturated heterocycles. The number of carbonyl (C=O) groups is 1. The van der Waals surface area contributed by atoms with Crippen LogP contribution in [-0.4, -0.2) is 39.2 Å². The topological polar surface area (TPSA) is 63.7 Å². The minimum Gasteiger partial charge on any atom is -0.493 e. The van der Waals surface area contributed by atoms with Crippen LogP contribution in [0.5, 0.6) is 11.5 Å². The first-order valence-electron chi connectivity index (χ1n) is 6.90. The molecule has 0 bridgehead atoms. The van der Waals surface area contributed by atoms with E-state index in [1.165, 1.54) is 6.92 Å². The molecule has 6 heteroatoms. The number of rotatable bonds is 4. The lowest BCUT2D eigenvalue weighted by atomic mass is 10.1. The highest BCUT2D eigenvalue weighted by molar-refractivity contribution is 6.07. The van der Waals surface area contributed by atoms with Gasteiger partial charge in [0, 0.05) is 37.5 Å². The number of fused-ring (bicyclic) bond motifs is 1. The van der Waals surface area contributed by atoms with E-state index in [0.29, 0.717) is 23.0 Å². The summed E-state index contributed by atoms with van der Waals surface area (Å²) in [6.45, 7) is 3.41. The van der Waals surface area contributed by atoms with E-state index >= 15 is 0 Å². The summed E-state index contributed by atoms with van der Waals surface area (Å²) in [4.78, 5) is 18.0. The number of methoxy groups -OCH3 is 2. The lowest BCUT2D eigenvalue weighted by Crippen LogP contribution is -2.17. The molecular weight excluding hydrogens is 282 g/mol. The number of nitrogens with one attached hydrogen (secondary N) is 1. The predicted octanol–water partition coefficient (Wildman–Crippen LogP) is 2.58. The highest BCUT2D eigenvalue weighted by Gasteiger charge is 2.17. The number of aromatic nitrogens is 1. The minimum absolute atomic E-state index is 0.148. The molecule has 0 radical (unpaired) electrons. The first-order valence-corrected chi connectivity index (χ1v) is 6.90. The number of anilines is 2. The predicted molar refractivity (Wildman–Crippen MR) is 88.2 cm³/mol. The van der Waals surface area contributed by atoms with Crippen LogP contribution >= 0.6 is 0 Å². The largest absolute Gasteiger partial charge is 0.493 e. The van der Waals surface area contributed by atoms with Crippen LogP contribution in [0.25, 0.3) is 10.8 Å². The van der Waals surface area contributed by atoms with Gasteiger partial charge in [-0.1, -0.05) is 0 Å². The SMILES string of the molecule is COc1cc2c(C)nc(N(C)C)c(NC(C)=O)c2cc1OC. The smallest absolute Gasteiger partial charge is 0.221 e. The van der Waals surface area contributed by atoms with Crippen LogP contribution in [0.2, 0.25) is 0 Å². The molecule has 1 aromatic heterocycles. The molecule has 22 heavy (non-hydrogen) atoms. The molecule has 0 aliphatic carbocycles. The Kier molecular flexibility index (Phi) is 4.40. The zero-order valence-electron chi connectivity index (χ0n) is 13.8. The van der Waals surface area contributed by atoms with Crippen molar-refractivity contribution < 1.29 is 14.3 Å². The third-order valence-electron chi connectivity index (χ3n) is 3.40. The van der Waals surface area contributed by atoms with Crippen molar-refractivity contribution in [1.29, 1.82) is 0 Å². The Bertz CT molecular complexity index is 726. The van der Waals surface area contributed by atoms with Crippen LogP contribution in [0.1, 0.15) is 12.6 Å². The fourth-order valence-electron chi connectivity index (χ4n) is 2.40. The maximum Gasteiger partial charge on any atom is 0.221 e. The number of aryl methyl sites for hydroxylation is 1. The molecule has 1 amide bonds. The molecule has 0 saturated carbocycles. The number of pyridine rings is 1. The van der Waals surface area contributed by atoms with Gasteiger partial charge < -0.3 is 19.7 Å². The third kappa shape index (κ3) is 2.77. The molecule has 0 atom stereocenters. The van der Waals surface area contributed by atoms with Crippen LogP contribution in [0.4, 0.5) is 11.5 Å². The van der Waals surface area contributed by atoms with Crippen LogP contribution in [0.15, 0.2) is 12.1 Å². The lowest BCUT2D eigenvalue weighted by molar-refractivity contribution is -0.114. The van der Waals surface area contributed by atoms with Crippen LogP contribution in [0.3, 0.4) is 0 Å². The summed E-state index contributed by atoms with van der Waals surface area (Å²) in [7, 11) is 6.96. The van der Waals surface area contributed by atoms with Gasteiger partial charge in [0.2, 0.25) is 5.91 Å². The van der Waals surface area contributed by atoms with Gasteiger partial charge in [-0.25, -0.2) is 4.98 Å². The molecule has 0 aliphatic heterocycles. The van der Waals surface area contributed by atoms with Crippen LogP contribution in [-0.2, 0) is 4.79 Å². The van der Waals surface area contributed by atoms with Gasteiger partial charge in [-0.3, -0.25) is 4.79 Å². The minimum atomic E-state index is -0.148. The Hall–Kier alpha value is -2.50. The maximum atomic E-state index is 11.6. The van der Waals surface area contributed by atoms with Gasteiger partial charge in [0.1, 0.15) is 0 Å². The fourth-order valence-corrected chi connectivity index (χ4v) is 2.40. The maximum absolute atomic E-state index is 11.6. The van der Waals surface area contributed by atoms with E-state index in [-0.39, 0.29) is 5.91 Å². The Balaban J connectivity index is 2.87. The lowest BCUT2D eigenvalue weighted by Gasteiger charge is -2.20. The van der Waals surface area contributed by atoms with Crippen molar-refractivity contribution in [1.82, 2.24) is 4.98 Å². The average molecular weight is 303 g/mol. The van der Waals surface area contributed by atoms with Crippen molar-refractivity contribution in [2.75, 3.05) is 38.5 Å². The average Bonchev–Trinajstić information content (AvgIpc) is 2.47. The van der Waals surface area contributed by atoms with Crippen LogP contribution in [0, 0.1) is 6.92 Å². The number of ether oxygens (including phenoxy) is 2. The molecule has 1 heterocycles. The molecule has 0 spiro atoms. The third-order valence-corrected chi connectivity index (χ3v) is 3.40. The van der Waals surface area contributed by atoms with Gasteiger partial charge in [-0.2, -0.15) is 0 Å². The van der Waals surface area contributed by atoms with E-state index in [1.54, 1.807) is 14.2 Å². The Morgan fingerprint density at radius 1 is 1.14 bits per heavy atom. The summed E-state index contributed by atoms with van der Waals surface area (Å²) < 4.78 is 10.7. The zero-order valence-corrected chi connectivity index (χ0v) is 13.8. The first-order chi connectivity index (χ1) is 10.4. The Morgan fingerprint density at radius 2 is 1.68 bits per heavy atom. The van der Waals surface area contributed by atoms with Crippen molar-refractivity contribution in [2.45, 2.75) is 13.8 Å². The van der Waals surface area contributed by atoms with Gasteiger partial charge in [0.25, 0.3) is 0 Å². The summed E-state index contributed by atoms with van der Waals surface area (Å²) in [5.74, 6) is 1.79. The number of amides is 1. The second kappa shape index (κ2) is 6.09. The number of hydrogen-bond donors (Lipinski definition) is 1. The summed E-state index contributed by atoms with van der Waals surface area (Å²) in [6, 6.07) is 3.74. The fraction of sp³-hybridized carbons (Fsp3) is 0.375. The number of carbonyl (C=O) groups excluding carboxylic acids is 1. The number of benzene rings is 1.